The first-order chi connectivity index (χ1) is 18.9. The molecule has 0 aromatic heterocycles. The number of unbranched alkanes of at least 4 members (excludes halogenated alkanes) is 2. The van der Waals surface area contributed by atoms with E-state index in [1.165, 1.54) is 0 Å². The van der Waals surface area contributed by atoms with Crippen molar-refractivity contribution >= 4 is 17.8 Å². The summed E-state index contributed by atoms with van der Waals surface area (Å²) in [6, 6.07) is 3.28. The van der Waals surface area contributed by atoms with E-state index < -0.39 is 11.9 Å². The van der Waals surface area contributed by atoms with Crippen molar-refractivity contribution in [3.8, 4) is 17.2 Å². The molecule has 3 atom stereocenters. The zero-order chi connectivity index (χ0) is 27.9. The Hall–Kier alpha value is -3.01. The van der Waals surface area contributed by atoms with Crippen LogP contribution in [0.4, 0.5) is 0 Å². The summed E-state index contributed by atoms with van der Waals surface area (Å²) in [7, 11) is 1.55. The van der Waals surface area contributed by atoms with E-state index in [4.69, 9.17) is 14.2 Å². The second kappa shape index (κ2) is 13.4. The maximum Gasteiger partial charge on any atom is 0.308 e. The van der Waals surface area contributed by atoms with Crippen molar-refractivity contribution in [3.63, 3.8) is 0 Å². The number of carboxylic acid groups (broad SMARTS) is 1. The summed E-state index contributed by atoms with van der Waals surface area (Å²) in [5.74, 6) is -0.325. The minimum Gasteiger partial charge on any atom is -0.493 e. The first kappa shape index (κ1) is 29.0. The highest BCUT2D eigenvalue weighted by atomic mass is 16.7. The van der Waals surface area contributed by atoms with Gasteiger partial charge in [0.1, 0.15) is 0 Å². The zero-order valence-electron chi connectivity index (χ0n) is 23.5. The molecule has 4 rings (SSSR count). The van der Waals surface area contributed by atoms with Crippen molar-refractivity contribution in [1.29, 1.82) is 0 Å². The molecular formula is C29H43N3O7. The number of benzene rings is 1. The highest BCUT2D eigenvalue weighted by molar-refractivity contribution is 5.79. The van der Waals surface area contributed by atoms with Crippen molar-refractivity contribution in [2.45, 2.75) is 70.8 Å². The topological polar surface area (TPSA) is 109 Å². The smallest absolute Gasteiger partial charge is 0.308 e. The van der Waals surface area contributed by atoms with Gasteiger partial charge in [0.15, 0.2) is 11.5 Å². The number of ether oxygens (including phenoxy) is 3. The third-order valence-corrected chi connectivity index (χ3v) is 8.26. The van der Waals surface area contributed by atoms with Crippen molar-refractivity contribution < 1.29 is 33.7 Å². The number of amides is 2. The number of hydrogen-bond acceptors (Lipinski definition) is 7. The Morgan fingerprint density at radius 1 is 1.15 bits per heavy atom. The van der Waals surface area contributed by atoms with Gasteiger partial charge in [-0.15, -0.1) is 0 Å². The van der Waals surface area contributed by atoms with Crippen molar-refractivity contribution in [3.05, 3.63) is 17.7 Å². The molecule has 0 radical (unpaired) electrons. The van der Waals surface area contributed by atoms with Crippen LogP contribution >= 0.6 is 0 Å². The molecule has 2 saturated heterocycles. The second-order valence-corrected chi connectivity index (χ2v) is 10.8. The Balaban J connectivity index is 1.62. The van der Waals surface area contributed by atoms with Gasteiger partial charge in [-0.05, 0) is 43.4 Å². The summed E-state index contributed by atoms with van der Waals surface area (Å²) in [6.07, 6.45) is 5.75. The van der Waals surface area contributed by atoms with E-state index in [0.717, 1.165) is 37.7 Å². The van der Waals surface area contributed by atoms with Crippen LogP contribution in [0.1, 0.15) is 70.3 Å². The summed E-state index contributed by atoms with van der Waals surface area (Å²) >= 11 is 0. The van der Waals surface area contributed by atoms with Crippen LogP contribution < -0.4 is 14.2 Å². The van der Waals surface area contributed by atoms with Gasteiger partial charge in [0.05, 0.1) is 19.6 Å². The zero-order valence-corrected chi connectivity index (χ0v) is 23.5. The highest BCUT2D eigenvalue weighted by Gasteiger charge is 2.48. The molecule has 0 bridgehead atoms. The van der Waals surface area contributed by atoms with Gasteiger partial charge in [-0.2, -0.15) is 0 Å². The van der Waals surface area contributed by atoms with Gasteiger partial charge >= 0.3 is 5.97 Å². The van der Waals surface area contributed by atoms with Gasteiger partial charge in [0, 0.05) is 51.1 Å². The molecule has 2 fully saturated rings. The Morgan fingerprint density at radius 2 is 1.90 bits per heavy atom. The van der Waals surface area contributed by atoms with Crippen LogP contribution in [0, 0.1) is 5.92 Å². The third-order valence-electron chi connectivity index (χ3n) is 8.26. The molecule has 1 aromatic rings. The lowest BCUT2D eigenvalue weighted by Crippen LogP contribution is -2.45. The van der Waals surface area contributed by atoms with E-state index in [9.17, 15) is 19.5 Å². The molecule has 0 aliphatic carbocycles. The first-order valence-electron chi connectivity index (χ1n) is 14.4. The summed E-state index contributed by atoms with van der Waals surface area (Å²) in [4.78, 5) is 44.5. The van der Waals surface area contributed by atoms with E-state index in [1.54, 1.807) is 7.11 Å². The fourth-order valence-electron chi connectivity index (χ4n) is 6.12. The quantitative estimate of drug-likeness (QED) is 0.379. The third kappa shape index (κ3) is 6.59. The molecular weight excluding hydrogens is 502 g/mol. The number of aliphatic carboxylic acids is 1. The molecule has 3 aliphatic rings. The van der Waals surface area contributed by atoms with E-state index in [2.05, 4.69) is 13.8 Å². The highest BCUT2D eigenvalue weighted by Crippen LogP contribution is 2.47. The van der Waals surface area contributed by atoms with Crippen LogP contribution in [0.3, 0.4) is 0 Å². The summed E-state index contributed by atoms with van der Waals surface area (Å²) < 4.78 is 16.7. The second-order valence-electron chi connectivity index (χ2n) is 10.8. The van der Waals surface area contributed by atoms with Gasteiger partial charge in [0.25, 0.3) is 0 Å². The van der Waals surface area contributed by atoms with Gasteiger partial charge in [0.2, 0.25) is 24.4 Å². The SMILES string of the molecule is CCCCN(CCCC)C(=O)CN1CC(c2cc(OC)c3c(c2)OCO3)[C@H](C(=O)O)[C@H]1CCN1CCCC1=O. The summed E-state index contributed by atoms with van der Waals surface area (Å²) in [5.41, 5.74) is 0.787. The van der Waals surface area contributed by atoms with Crippen LogP contribution in [0.25, 0.3) is 0 Å². The molecule has 2 amide bonds. The number of rotatable bonds is 14. The predicted molar refractivity (Wildman–Crippen MR) is 145 cm³/mol. The molecule has 216 valence electrons. The average molecular weight is 546 g/mol. The minimum atomic E-state index is -0.904. The maximum atomic E-state index is 13.6. The van der Waals surface area contributed by atoms with E-state index in [-0.39, 0.29) is 37.1 Å². The molecule has 10 nitrogen and oxygen atoms in total. The van der Waals surface area contributed by atoms with Gasteiger partial charge in [-0.3, -0.25) is 19.3 Å². The number of carboxylic acids is 1. The minimum absolute atomic E-state index is 0.0344. The summed E-state index contributed by atoms with van der Waals surface area (Å²) in [6.45, 7) is 7.49. The first-order valence-corrected chi connectivity index (χ1v) is 14.4. The van der Waals surface area contributed by atoms with Crippen LogP contribution in [0.5, 0.6) is 17.2 Å². The Bertz CT molecular complexity index is 1020. The van der Waals surface area contributed by atoms with Crippen molar-refractivity contribution in [2.24, 2.45) is 5.92 Å². The Labute approximate surface area is 231 Å². The number of hydrogen-bond donors (Lipinski definition) is 1. The summed E-state index contributed by atoms with van der Waals surface area (Å²) in [5, 5.41) is 10.5. The molecule has 1 aromatic carbocycles. The Morgan fingerprint density at radius 3 is 2.51 bits per heavy atom. The molecule has 0 saturated carbocycles. The molecule has 39 heavy (non-hydrogen) atoms. The van der Waals surface area contributed by atoms with Crippen LogP contribution in [-0.2, 0) is 14.4 Å². The lowest BCUT2D eigenvalue weighted by molar-refractivity contribution is -0.144. The van der Waals surface area contributed by atoms with Gasteiger partial charge in [-0.25, -0.2) is 0 Å². The molecule has 0 spiro atoms. The van der Waals surface area contributed by atoms with E-state index in [1.807, 2.05) is 26.8 Å². The lowest BCUT2D eigenvalue weighted by atomic mass is 9.84. The number of carbonyl (C=O) groups is 3. The molecule has 3 heterocycles. The van der Waals surface area contributed by atoms with Crippen LogP contribution in [0.15, 0.2) is 12.1 Å². The molecule has 10 heteroatoms. The van der Waals surface area contributed by atoms with Gasteiger partial charge in [-0.1, -0.05) is 26.7 Å². The van der Waals surface area contributed by atoms with Gasteiger partial charge < -0.3 is 29.1 Å². The van der Waals surface area contributed by atoms with Crippen LogP contribution in [0.2, 0.25) is 0 Å². The average Bonchev–Trinajstić information content (AvgIpc) is 3.65. The normalized spacial score (nSPS) is 22.5. The monoisotopic (exact) mass is 545 g/mol. The van der Waals surface area contributed by atoms with Crippen molar-refractivity contribution in [2.75, 3.05) is 53.2 Å². The maximum absolute atomic E-state index is 13.6. The number of nitrogens with zero attached hydrogens (tertiary/aromatic N) is 3. The fraction of sp³-hybridized carbons (Fsp3) is 0.690. The fourth-order valence-corrected chi connectivity index (χ4v) is 6.12. The molecule has 3 aliphatic heterocycles. The largest absolute Gasteiger partial charge is 0.493 e. The standard InChI is InChI=1S/C29H43N3O7/c1-4-6-11-30(12-7-5-2)26(34)18-32-17-21(20-15-23(37-3)28-24(16-20)38-19-39-28)27(29(35)36)22(32)10-14-31-13-8-9-25(31)33/h15-16,21-22,27H,4-14,17-19H2,1-3H3,(H,35,36)/t21?,22-,27+/m1/s1. The van der Waals surface area contributed by atoms with E-state index in [0.29, 0.717) is 62.8 Å². The molecule has 1 N–H and O–H groups in total. The number of fused-ring (bicyclic) bond motifs is 1. The lowest BCUT2D eigenvalue weighted by Gasteiger charge is -2.30. The molecule has 1 unspecified atom stereocenters. The number of likely N-dealkylation sites (tertiary alicyclic amines) is 2. The number of methoxy groups -OCH3 is 1. The van der Waals surface area contributed by atoms with Crippen LogP contribution in [-0.4, -0.2) is 96.8 Å². The number of carbonyl (C=O) groups excluding carboxylic acids is 2. The predicted octanol–water partition coefficient (Wildman–Crippen LogP) is 3.33. The van der Waals surface area contributed by atoms with E-state index >= 15 is 0 Å². The Kier molecular flexibility index (Phi) is 9.94. The van der Waals surface area contributed by atoms with Crippen molar-refractivity contribution in [1.82, 2.24) is 14.7 Å².